The van der Waals surface area contributed by atoms with Crippen LogP contribution in [-0.2, 0) is 16.1 Å². The summed E-state index contributed by atoms with van der Waals surface area (Å²) in [4.78, 5) is 16.5. The van der Waals surface area contributed by atoms with Crippen molar-refractivity contribution in [3.8, 4) is 5.75 Å². The minimum absolute atomic E-state index is 0.315. The Bertz CT molecular complexity index is 1020. The van der Waals surface area contributed by atoms with Gasteiger partial charge in [-0.25, -0.2) is 9.79 Å². The maximum absolute atomic E-state index is 11.9. The minimum Gasteiger partial charge on any atom is -0.489 e. The van der Waals surface area contributed by atoms with Gasteiger partial charge in [0.15, 0.2) is 0 Å². The van der Waals surface area contributed by atoms with Gasteiger partial charge in [-0.15, -0.1) is 0 Å². The fourth-order valence-electron chi connectivity index (χ4n) is 2.93. The number of esters is 1. The molecule has 0 radical (unpaired) electrons. The van der Waals surface area contributed by atoms with E-state index in [0.717, 1.165) is 33.2 Å². The average Bonchev–Trinajstić information content (AvgIpc) is 3.19. The smallest absolute Gasteiger partial charge is 0.338 e. The van der Waals surface area contributed by atoms with E-state index in [4.69, 9.17) is 9.47 Å². The number of carbonyl (C=O) groups excluding carboxylic acids is 1. The highest BCUT2D eigenvalue weighted by Gasteiger charge is 2.22. The molecule has 0 bridgehead atoms. The summed E-state index contributed by atoms with van der Waals surface area (Å²) in [6.45, 7) is 2.67. The van der Waals surface area contributed by atoms with Crippen LogP contribution in [0.2, 0.25) is 0 Å². The number of hydrogen-bond acceptors (Lipinski definition) is 4. The molecular formula is C21H17NO3. The van der Waals surface area contributed by atoms with E-state index in [-0.39, 0.29) is 5.97 Å². The minimum atomic E-state index is -0.315. The molecule has 0 saturated carbocycles. The van der Waals surface area contributed by atoms with Gasteiger partial charge in [-0.05, 0) is 42.8 Å². The molecule has 4 heteroatoms. The number of benzene rings is 2. The number of ether oxygens (including phenoxy) is 2. The van der Waals surface area contributed by atoms with Gasteiger partial charge in [0.25, 0.3) is 0 Å². The van der Waals surface area contributed by atoms with E-state index >= 15 is 0 Å². The third kappa shape index (κ3) is 2.98. The van der Waals surface area contributed by atoms with Gasteiger partial charge in [-0.3, -0.25) is 0 Å². The van der Waals surface area contributed by atoms with Crippen molar-refractivity contribution in [2.24, 2.45) is 4.99 Å². The number of rotatable bonds is 5. The first-order valence-electron chi connectivity index (χ1n) is 8.25. The Hall–Kier alpha value is -3.14. The van der Waals surface area contributed by atoms with Crippen LogP contribution in [0, 0.1) is 0 Å². The molecule has 0 aromatic heterocycles. The van der Waals surface area contributed by atoms with Crippen molar-refractivity contribution in [2.45, 2.75) is 13.5 Å². The van der Waals surface area contributed by atoms with Gasteiger partial charge in [0.2, 0.25) is 0 Å². The van der Waals surface area contributed by atoms with Crippen molar-refractivity contribution in [3.63, 3.8) is 0 Å². The molecule has 124 valence electrons. The Balaban J connectivity index is 1.62. The zero-order valence-corrected chi connectivity index (χ0v) is 13.9. The first-order chi connectivity index (χ1) is 12.2. The van der Waals surface area contributed by atoms with Crippen molar-refractivity contribution in [1.29, 1.82) is 0 Å². The van der Waals surface area contributed by atoms with Crippen molar-refractivity contribution < 1.29 is 14.3 Å². The number of hydrogen-bond donors (Lipinski definition) is 0. The molecule has 2 aliphatic rings. The van der Waals surface area contributed by atoms with Crippen molar-refractivity contribution >= 4 is 11.5 Å². The summed E-state index contributed by atoms with van der Waals surface area (Å²) >= 11 is 0. The van der Waals surface area contributed by atoms with E-state index in [9.17, 15) is 4.79 Å². The molecule has 2 aromatic rings. The van der Waals surface area contributed by atoms with E-state index in [0.29, 0.717) is 18.8 Å². The summed E-state index contributed by atoms with van der Waals surface area (Å²) in [6, 6.07) is 15.9. The second-order valence-electron chi connectivity index (χ2n) is 5.83. The molecule has 0 amide bonds. The summed E-state index contributed by atoms with van der Waals surface area (Å²) < 4.78 is 11.0. The highest BCUT2D eigenvalue weighted by Crippen LogP contribution is 2.27. The van der Waals surface area contributed by atoms with Gasteiger partial charge in [-0.1, -0.05) is 30.3 Å². The van der Waals surface area contributed by atoms with Crippen LogP contribution in [0.5, 0.6) is 5.75 Å². The molecule has 0 atom stereocenters. The van der Waals surface area contributed by atoms with Crippen LogP contribution in [0.1, 0.15) is 12.5 Å². The lowest BCUT2D eigenvalue weighted by molar-refractivity contribution is -0.138. The monoisotopic (exact) mass is 331 g/mol. The molecule has 2 aromatic carbocycles. The Kier molecular flexibility index (Phi) is 3.94. The second kappa shape index (κ2) is 6.40. The lowest BCUT2D eigenvalue weighted by atomic mass is 10.1. The summed E-state index contributed by atoms with van der Waals surface area (Å²) in [6.07, 6.45) is 3.61. The summed E-state index contributed by atoms with van der Waals surface area (Å²) in [5.41, 5.74) is 3.41. The van der Waals surface area contributed by atoms with E-state index in [1.165, 1.54) is 0 Å². The summed E-state index contributed by atoms with van der Waals surface area (Å²) in [5, 5.41) is 1.88. The maximum atomic E-state index is 11.9. The first kappa shape index (κ1) is 15.4. The molecule has 0 saturated heterocycles. The third-order valence-electron chi connectivity index (χ3n) is 4.13. The Labute approximate surface area is 145 Å². The topological polar surface area (TPSA) is 47.9 Å². The van der Waals surface area contributed by atoms with Crippen LogP contribution in [0.25, 0.3) is 5.57 Å². The van der Waals surface area contributed by atoms with Gasteiger partial charge in [0.05, 0.1) is 23.2 Å². The van der Waals surface area contributed by atoms with Gasteiger partial charge in [0, 0.05) is 10.8 Å². The van der Waals surface area contributed by atoms with Crippen molar-refractivity contribution in [3.05, 3.63) is 88.1 Å². The highest BCUT2D eigenvalue weighted by atomic mass is 16.5. The zero-order valence-electron chi connectivity index (χ0n) is 13.9. The van der Waals surface area contributed by atoms with Gasteiger partial charge < -0.3 is 9.47 Å². The SMILES string of the molecule is CCOC(=O)C1=CC2=c3cc(OCc4ccccc4)ccc3=NC2=C1. The second-order valence-corrected chi connectivity index (χ2v) is 5.83. The summed E-state index contributed by atoms with van der Waals surface area (Å²) in [5.74, 6) is 0.467. The predicted octanol–water partition coefficient (Wildman–Crippen LogP) is 2.44. The highest BCUT2D eigenvalue weighted by molar-refractivity contribution is 5.99. The van der Waals surface area contributed by atoms with E-state index in [2.05, 4.69) is 4.99 Å². The molecular weight excluding hydrogens is 314 g/mol. The van der Waals surface area contributed by atoms with Crippen LogP contribution in [-0.4, -0.2) is 12.6 Å². The van der Waals surface area contributed by atoms with Crippen molar-refractivity contribution in [1.82, 2.24) is 0 Å². The van der Waals surface area contributed by atoms with E-state index in [1.807, 2.05) is 54.6 Å². The molecule has 1 aliphatic heterocycles. The molecule has 1 aliphatic carbocycles. The number of nitrogens with zero attached hydrogens (tertiary/aromatic N) is 1. The Morgan fingerprint density at radius 2 is 1.92 bits per heavy atom. The Morgan fingerprint density at radius 1 is 1.08 bits per heavy atom. The molecule has 4 rings (SSSR count). The molecule has 0 N–H and O–H groups in total. The quantitative estimate of drug-likeness (QED) is 0.791. The molecule has 1 heterocycles. The standard InChI is InChI=1S/C21H17NO3/c1-2-24-21(23)15-10-17-18-12-16(8-9-19(18)22-20(17)11-15)25-13-14-6-4-3-5-7-14/h3-12H,2,13H2,1H3. The van der Waals surface area contributed by atoms with E-state index < -0.39 is 0 Å². The first-order valence-corrected chi connectivity index (χ1v) is 8.25. The average molecular weight is 331 g/mol. The number of fused-ring (bicyclic) bond motifs is 2. The molecule has 0 spiro atoms. The predicted molar refractivity (Wildman–Crippen MR) is 94.2 cm³/mol. The van der Waals surface area contributed by atoms with Gasteiger partial charge in [0.1, 0.15) is 12.4 Å². The fourth-order valence-corrected chi connectivity index (χ4v) is 2.93. The van der Waals surface area contributed by atoms with Crippen LogP contribution in [0.15, 0.2) is 76.9 Å². The van der Waals surface area contributed by atoms with Gasteiger partial charge in [-0.2, -0.15) is 0 Å². The number of allylic oxidation sites excluding steroid dienone is 1. The number of carbonyl (C=O) groups is 1. The summed E-state index contributed by atoms with van der Waals surface area (Å²) in [7, 11) is 0. The molecule has 4 nitrogen and oxygen atoms in total. The zero-order chi connectivity index (χ0) is 17.2. The third-order valence-corrected chi connectivity index (χ3v) is 4.13. The van der Waals surface area contributed by atoms with Crippen LogP contribution in [0.4, 0.5) is 0 Å². The lowest BCUT2D eigenvalue weighted by Crippen LogP contribution is -2.22. The Morgan fingerprint density at radius 3 is 2.72 bits per heavy atom. The molecule has 0 fully saturated rings. The molecule has 0 unspecified atom stereocenters. The van der Waals surface area contributed by atoms with Crippen LogP contribution in [0.3, 0.4) is 0 Å². The van der Waals surface area contributed by atoms with E-state index in [1.54, 1.807) is 13.0 Å². The fraction of sp³-hybridized carbons (Fsp3) is 0.143. The maximum Gasteiger partial charge on any atom is 0.338 e. The van der Waals surface area contributed by atoms with Crippen molar-refractivity contribution in [2.75, 3.05) is 6.61 Å². The largest absolute Gasteiger partial charge is 0.489 e. The lowest BCUT2D eigenvalue weighted by Gasteiger charge is -2.05. The van der Waals surface area contributed by atoms with Crippen LogP contribution < -0.4 is 15.3 Å². The normalized spacial score (nSPS) is 14.2. The van der Waals surface area contributed by atoms with Crippen LogP contribution >= 0.6 is 0 Å². The molecule has 25 heavy (non-hydrogen) atoms. The van der Waals surface area contributed by atoms with Gasteiger partial charge >= 0.3 is 5.97 Å².